The molecule has 0 spiro atoms. The van der Waals surface area contributed by atoms with Crippen molar-refractivity contribution >= 4 is 11.4 Å². The van der Waals surface area contributed by atoms with Gasteiger partial charge < -0.3 is 14.2 Å². The Bertz CT molecular complexity index is 1340. The third-order valence-electron chi connectivity index (χ3n) is 5.51. The van der Waals surface area contributed by atoms with Gasteiger partial charge in [-0.2, -0.15) is 13.2 Å². The molecule has 0 saturated heterocycles. The number of ether oxygens (including phenoxy) is 3. The molecule has 0 aliphatic rings. The Hall–Kier alpha value is -4.08. The zero-order valence-corrected chi connectivity index (χ0v) is 19.2. The molecule has 0 aliphatic heterocycles. The lowest BCUT2D eigenvalue weighted by Gasteiger charge is -2.15. The van der Waals surface area contributed by atoms with E-state index in [0.717, 1.165) is 11.1 Å². The molecule has 0 amide bonds. The summed E-state index contributed by atoms with van der Waals surface area (Å²) in [5.41, 5.74) is 3.75. The highest BCUT2D eigenvalue weighted by Crippen LogP contribution is 2.37. The van der Waals surface area contributed by atoms with Crippen molar-refractivity contribution in [1.82, 2.24) is 14.4 Å². The van der Waals surface area contributed by atoms with Gasteiger partial charge in [-0.25, -0.2) is 9.97 Å². The lowest BCUT2D eigenvalue weighted by atomic mass is 10.0. The maximum atomic E-state index is 12.6. The number of rotatable bonds is 8. The summed E-state index contributed by atoms with van der Waals surface area (Å²) < 4.78 is 55.6. The molecule has 0 radical (unpaired) electrons. The average molecular weight is 485 g/mol. The van der Waals surface area contributed by atoms with Crippen LogP contribution in [-0.4, -0.2) is 47.7 Å². The number of Topliss-reactive ketones (excluding diaryl/α,β-unsaturated/α-hetero) is 1. The molecule has 10 heteroatoms. The fourth-order valence-electron chi connectivity index (χ4n) is 3.76. The van der Waals surface area contributed by atoms with Gasteiger partial charge in [-0.05, 0) is 35.9 Å². The molecule has 1 aromatic carbocycles. The fourth-order valence-corrected chi connectivity index (χ4v) is 3.76. The van der Waals surface area contributed by atoms with E-state index in [1.807, 2.05) is 28.8 Å². The molecule has 0 saturated carbocycles. The number of imidazole rings is 1. The molecule has 7 nitrogen and oxygen atoms in total. The summed E-state index contributed by atoms with van der Waals surface area (Å²) in [5, 5.41) is 0. The van der Waals surface area contributed by atoms with Gasteiger partial charge in [0.05, 0.1) is 39.6 Å². The highest BCUT2D eigenvalue weighted by molar-refractivity contribution is 6.02. The van der Waals surface area contributed by atoms with E-state index in [0.29, 0.717) is 22.8 Å². The third-order valence-corrected chi connectivity index (χ3v) is 5.51. The first-order chi connectivity index (χ1) is 16.7. The summed E-state index contributed by atoms with van der Waals surface area (Å²) in [4.78, 5) is 21.3. The van der Waals surface area contributed by atoms with Crippen molar-refractivity contribution in [2.45, 2.75) is 19.0 Å². The van der Waals surface area contributed by atoms with Gasteiger partial charge in [0.1, 0.15) is 22.7 Å². The van der Waals surface area contributed by atoms with E-state index >= 15 is 0 Å². The van der Waals surface area contributed by atoms with Gasteiger partial charge in [0.15, 0.2) is 5.78 Å². The number of halogens is 3. The highest BCUT2D eigenvalue weighted by Gasteiger charge is 2.30. The summed E-state index contributed by atoms with van der Waals surface area (Å²) in [6.45, 7) is 0. The van der Waals surface area contributed by atoms with Crippen LogP contribution in [0.1, 0.15) is 23.2 Å². The second-order valence-electron chi connectivity index (χ2n) is 7.67. The molecule has 4 aromatic rings. The number of fused-ring (bicyclic) bond motifs is 1. The number of alkyl halides is 3. The fraction of sp³-hybridized carbons (Fsp3) is 0.240. The van der Waals surface area contributed by atoms with E-state index in [2.05, 4.69) is 9.97 Å². The van der Waals surface area contributed by atoms with Crippen LogP contribution < -0.4 is 14.2 Å². The van der Waals surface area contributed by atoms with Gasteiger partial charge in [-0.3, -0.25) is 9.20 Å². The molecule has 4 rings (SSSR count). The molecule has 0 unspecified atom stereocenters. The van der Waals surface area contributed by atoms with Crippen LogP contribution >= 0.6 is 0 Å². The first-order valence-electron chi connectivity index (χ1n) is 10.6. The van der Waals surface area contributed by atoms with Crippen molar-refractivity contribution in [2.75, 3.05) is 21.3 Å². The quantitative estimate of drug-likeness (QED) is 0.302. The molecular weight excluding hydrogens is 463 g/mol. The van der Waals surface area contributed by atoms with Gasteiger partial charge in [0, 0.05) is 36.0 Å². The van der Waals surface area contributed by atoms with Crippen LogP contribution in [0.3, 0.4) is 0 Å². The van der Waals surface area contributed by atoms with E-state index < -0.39 is 24.8 Å². The Balaban J connectivity index is 1.71. The topological polar surface area (TPSA) is 75.0 Å². The van der Waals surface area contributed by atoms with Crippen LogP contribution in [-0.2, 0) is 0 Å². The smallest absolute Gasteiger partial charge is 0.389 e. The Kier molecular flexibility index (Phi) is 6.63. The highest BCUT2D eigenvalue weighted by atomic mass is 19.4. The zero-order valence-electron chi connectivity index (χ0n) is 19.2. The van der Waals surface area contributed by atoms with Crippen molar-refractivity contribution in [3.8, 4) is 39.8 Å². The second kappa shape index (κ2) is 9.65. The number of carbonyl (C=O) groups is 1. The zero-order chi connectivity index (χ0) is 25.2. The second-order valence-corrected chi connectivity index (χ2v) is 7.67. The average Bonchev–Trinajstić information content (AvgIpc) is 3.29. The van der Waals surface area contributed by atoms with E-state index in [1.54, 1.807) is 37.7 Å². The predicted molar refractivity (Wildman–Crippen MR) is 123 cm³/mol. The summed E-state index contributed by atoms with van der Waals surface area (Å²) in [5.74, 6) is 0.0596. The van der Waals surface area contributed by atoms with Crippen molar-refractivity contribution in [2.24, 2.45) is 0 Å². The van der Waals surface area contributed by atoms with Crippen LogP contribution in [0.25, 0.3) is 28.0 Å². The largest absolute Gasteiger partial charge is 0.496 e. The molecule has 3 heterocycles. The Morgan fingerprint density at radius 3 is 2.17 bits per heavy atom. The van der Waals surface area contributed by atoms with Crippen LogP contribution in [0.4, 0.5) is 13.2 Å². The van der Waals surface area contributed by atoms with Gasteiger partial charge in [0.2, 0.25) is 5.88 Å². The summed E-state index contributed by atoms with van der Waals surface area (Å²) in [7, 11) is 4.25. The molecule has 0 fully saturated rings. The van der Waals surface area contributed by atoms with Gasteiger partial charge in [-0.1, -0.05) is 0 Å². The van der Waals surface area contributed by atoms with E-state index in [1.165, 1.54) is 14.2 Å². The van der Waals surface area contributed by atoms with Gasteiger partial charge in [0.25, 0.3) is 0 Å². The number of methoxy groups -OCH3 is 3. The van der Waals surface area contributed by atoms with Crippen molar-refractivity contribution in [3.05, 3.63) is 60.6 Å². The standard InChI is InChI=1S/C25H22F3N3O4/c1-33-20-10-17(11-21(34-2)24(20)19(32)6-8-25(26,27)28)18-14-29-22-12-15(7-9-31(18)22)16-4-5-23(35-3)30-13-16/h4-5,7,9-14H,6,8H2,1-3H3. The minimum atomic E-state index is -4.44. The number of hydrogen-bond acceptors (Lipinski definition) is 6. The van der Waals surface area contributed by atoms with Crippen LogP contribution in [0.2, 0.25) is 0 Å². The number of hydrogen-bond donors (Lipinski definition) is 0. The van der Waals surface area contributed by atoms with Crippen LogP contribution in [0.5, 0.6) is 17.4 Å². The van der Waals surface area contributed by atoms with Crippen LogP contribution in [0, 0.1) is 0 Å². The van der Waals surface area contributed by atoms with Gasteiger partial charge in [-0.15, -0.1) is 0 Å². The van der Waals surface area contributed by atoms with Crippen molar-refractivity contribution in [3.63, 3.8) is 0 Å². The molecule has 0 bridgehead atoms. The first-order valence-corrected chi connectivity index (χ1v) is 10.6. The third kappa shape index (κ3) is 5.06. The van der Waals surface area contributed by atoms with Crippen LogP contribution in [0.15, 0.2) is 55.0 Å². The molecule has 3 aromatic heterocycles. The molecule has 35 heavy (non-hydrogen) atoms. The first kappa shape index (κ1) is 24.1. The number of aromatic nitrogens is 3. The predicted octanol–water partition coefficient (Wildman–Crippen LogP) is 5.61. The Morgan fingerprint density at radius 1 is 0.886 bits per heavy atom. The molecule has 0 N–H and O–H groups in total. The number of nitrogens with zero attached hydrogens (tertiary/aromatic N) is 3. The number of benzene rings is 1. The molecule has 0 atom stereocenters. The minimum Gasteiger partial charge on any atom is -0.496 e. The lowest BCUT2D eigenvalue weighted by molar-refractivity contribution is -0.133. The lowest BCUT2D eigenvalue weighted by Crippen LogP contribution is -2.12. The summed E-state index contributed by atoms with van der Waals surface area (Å²) in [6.07, 6.45) is -1.15. The SMILES string of the molecule is COc1ccc(-c2ccn3c(-c4cc(OC)c(C(=O)CCC(F)(F)F)c(OC)c4)cnc3c2)cn1. The molecular formula is C25H22F3N3O4. The van der Waals surface area contributed by atoms with Crippen molar-refractivity contribution < 1.29 is 32.2 Å². The maximum Gasteiger partial charge on any atom is 0.389 e. The number of pyridine rings is 2. The number of ketones is 1. The summed E-state index contributed by atoms with van der Waals surface area (Å²) in [6, 6.07) is 10.7. The van der Waals surface area contributed by atoms with Gasteiger partial charge >= 0.3 is 6.18 Å². The Morgan fingerprint density at radius 2 is 1.60 bits per heavy atom. The summed E-state index contributed by atoms with van der Waals surface area (Å²) >= 11 is 0. The number of carbonyl (C=O) groups excluding carboxylic acids is 1. The molecule has 0 aliphatic carbocycles. The minimum absolute atomic E-state index is 0.0221. The maximum absolute atomic E-state index is 12.6. The van der Waals surface area contributed by atoms with E-state index in [4.69, 9.17) is 14.2 Å². The van der Waals surface area contributed by atoms with Crippen molar-refractivity contribution in [1.29, 1.82) is 0 Å². The monoisotopic (exact) mass is 485 g/mol. The van der Waals surface area contributed by atoms with E-state index in [-0.39, 0.29) is 17.1 Å². The molecule has 182 valence electrons. The Labute approximate surface area is 199 Å². The normalized spacial score (nSPS) is 11.5. The van der Waals surface area contributed by atoms with E-state index in [9.17, 15) is 18.0 Å².